The van der Waals surface area contributed by atoms with Crippen LogP contribution in [0.3, 0.4) is 0 Å². The van der Waals surface area contributed by atoms with E-state index in [1.165, 1.54) is 18.2 Å². The van der Waals surface area contributed by atoms with Crippen molar-refractivity contribution in [1.29, 1.82) is 0 Å². The van der Waals surface area contributed by atoms with Crippen LogP contribution in [0.25, 0.3) is 0 Å². The first-order valence-electron chi connectivity index (χ1n) is 5.44. The summed E-state index contributed by atoms with van der Waals surface area (Å²) in [5.41, 5.74) is -1.85. The van der Waals surface area contributed by atoms with Crippen LogP contribution < -0.4 is 5.32 Å². The van der Waals surface area contributed by atoms with E-state index in [4.69, 9.17) is 5.11 Å². The molecular weight excluding hydrogens is 279 g/mol. The number of carboxylic acid groups (broad SMARTS) is 1. The zero-order valence-electron chi connectivity index (χ0n) is 10.4. The van der Waals surface area contributed by atoms with E-state index in [0.717, 1.165) is 13.0 Å². The van der Waals surface area contributed by atoms with Gasteiger partial charge in [0.25, 0.3) is 0 Å². The fourth-order valence-corrected chi connectivity index (χ4v) is 1.52. The van der Waals surface area contributed by atoms with Crippen LogP contribution in [0.5, 0.6) is 0 Å². The molecule has 0 spiro atoms. The zero-order chi connectivity index (χ0) is 15.6. The van der Waals surface area contributed by atoms with Crippen molar-refractivity contribution in [1.82, 2.24) is 5.32 Å². The van der Waals surface area contributed by atoms with E-state index in [2.05, 4.69) is 0 Å². The lowest BCUT2D eigenvalue weighted by atomic mass is 9.91. The van der Waals surface area contributed by atoms with Crippen molar-refractivity contribution >= 4 is 11.9 Å². The summed E-state index contributed by atoms with van der Waals surface area (Å²) < 4.78 is 36.8. The number of aliphatic hydroxyl groups is 1. The van der Waals surface area contributed by atoms with Crippen molar-refractivity contribution in [3.8, 4) is 0 Å². The van der Waals surface area contributed by atoms with Gasteiger partial charge in [0.05, 0.1) is 17.7 Å². The van der Waals surface area contributed by atoms with Crippen LogP contribution in [0.4, 0.5) is 13.2 Å². The average Bonchev–Trinajstić information content (AvgIpc) is 2.37. The molecule has 0 bridgehead atoms. The number of benzene rings is 1. The normalized spacial score (nSPS) is 14.4. The molecule has 0 radical (unpaired) electrons. The summed E-state index contributed by atoms with van der Waals surface area (Å²) in [6.07, 6.45) is -5.10. The van der Waals surface area contributed by atoms with E-state index in [1.54, 1.807) is 5.32 Å². The molecule has 1 aromatic carbocycles. The Morgan fingerprint density at radius 2 is 1.90 bits per heavy atom. The second-order valence-electron chi connectivity index (χ2n) is 4.33. The third kappa shape index (κ3) is 3.47. The van der Waals surface area contributed by atoms with Crippen LogP contribution in [0, 0.1) is 0 Å². The molecule has 110 valence electrons. The number of alkyl halides is 3. The Bertz CT molecular complexity index is 530. The highest BCUT2D eigenvalue weighted by Gasteiger charge is 2.43. The number of hydrogen-bond donors (Lipinski definition) is 3. The lowest BCUT2D eigenvalue weighted by molar-refractivity contribution is -0.176. The molecule has 1 amide bonds. The lowest BCUT2D eigenvalue weighted by Crippen LogP contribution is -2.51. The Kier molecular flexibility index (Phi) is 4.39. The second-order valence-corrected chi connectivity index (χ2v) is 4.33. The number of halogens is 3. The van der Waals surface area contributed by atoms with Gasteiger partial charge in [0.1, 0.15) is 0 Å². The van der Waals surface area contributed by atoms with E-state index in [0.29, 0.717) is 0 Å². The highest BCUT2D eigenvalue weighted by atomic mass is 19.4. The minimum Gasteiger partial charge on any atom is -0.478 e. The van der Waals surface area contributed by atoms with Crippen molar-refractivity contribution in [2.24, 2.45) is 0 Å². The fourth-order valence-electron chi connectivity index (χ4n) is 1.52. The van der Waals surface area contributed by atoms with Crippen molar-refractivity contribution in [3.05, 3.63) is 35.4 Å². The summed E-state index contributed by atoms with van der Waals surface area (Å²) in [6, 6.07) is 4.97. The minimum absolute atomic E-state index is 0.0532. The zero-order valence-corrected chi connectivity index (χ0v) is 10.4. The van der Waals surface area contributed by atoms with Crippen molar-refractivity contribution < 1.29 is 33.0 Å². The molecule has 8 heteroatoms. The summed E-state index contributed by atoms with van der Waals surface area (Å²) in [5.74, 6) is -3.48. The Morgan fingerprint density at radius 3 is 2.35 bits per heavy atom. The van der Waals surface area contributed by atoms with Crippen LogP contribution in [0.15, 0.2) is 24.3 Å². The van der Waals surface area contributed by atoms with Gasteiger partial charge in [-0.1, -0.05) is 12.1 Å². The van der Waals surface area contributed by atoms with Gasteiger partial charge in [-0.05, 0) is 24.6 Å². The number of aliphatic hydroxyl groups excluding tert-OH is 1. The topological polar surface area (TPSA) is 86.6 Å². The molecule has 0 fully saturated rings. The first kappa shape index (κ1) is 16.0. The first-order chi connectivity index (χ1) is 9.10. The van der Waals surface area contributed by atoms with E-state index < -0.39 is 30.2 Å². The summed E-state index contributed by atoms with van der Waals surface area (Å²) in [5, 5.41) is 19.7. The standard InChI is InChI=1S/C12H12F3NO4/c1-11(6-17,16-10(20)12(13,14)15)8-4-2-3-7(5-8)9(18)19/h2-5,17H,6H2,1H3,(H,16,20)(H,18,19). The maximum atomic E-state index is 12.3. The number of carboxylic acids is 1. The fraction of sp³-hybridized carbons (Fsp3) is 0.333. The number of aromatic carboxylic acids is 1. The molecule has 3 N–H and O–H groups in total. The van der Waals surface area contributed by atoms with E-state index in [-0.39, 0.29) is 11.1 Å². The Labute approximate surface area is 112 Å². The lowest BCUT2D eigenvalue weighted by Gasteiger charge is -2.29. The predicted octanol–water partition coefficient (Wildman–Crippen LogP) is 1.27. The van der Waals surface area contributed by atoms with Crippen LogP contribution in [-0.4, -0.2) is 34.9 Å². The molecule has 0 saturated heterocycles. The maximum Gasteiger partial charge on any atom is 0.471 e. The van der Waals surface area contributed by atoms with Gasteiger partial charge in [0.15, 0.2) is 0 Å². The molecule has 20 heavy (non-hydrogen) atoms. The number of amides is 1. The van der Waals surface area contributed by atoms with Crippen LogP contribution in [-0.2, 0) is 10.3 Å². The summed E-state index contributed by atoms with van der Waals surface area (Å²) in [6.45, 7) is 0.343. The molecule has 1 unspecified atom stereocenters. The molecule has 0 saturated carbocycles. The molecule has 5 nitrogen and oxygen atoms in total. The largest absolute Gasteiger partial charge is 0.478 e. The molecule has 1 rings (SSSR count). The Balaban J connectivity index is 3.14. The monoisotopic (exact) mass is 291 g/mol. The van der Waals surface area contributed by atoms with E-state index in [9.17, 15) is 27.9 Å². The third-order valence-corrected chi connectivity index (χ3v) is 2.71. The average molecular weight is 291 g/mol. The summed E-state index contributed by atoms with van der Waals surface area (Å²) in [7, 11) is 0. The van der Waals surface area contributed by atoms with Gasteiger partial charge < -0.3 is 15.5 Å². The molecule has 0 aliphatic carbocycles. The van der Waals surface area contributed by atoms with Gasteiger partial charge in [0, 0.05) is 0 Å². The molecule has 0 heterocycles. The Hall–Kier alpha value is -2.09. The van der Waals surface area contributed by atoms with Crippen molar-refractivity contribution in [2.75, 3.05) is 6.61 Å². The maximum absolute atomic E-state index is 12.3. The van der Waals surface area contributed by atoms with E-state index in [1.807, 2.05) is 0 Å². The molecular formula is C12H12F3NO4. The molecule has 1 atom stereocenters. The smallest absolute Gasteiger partial charge is 0.471 e. The number of nitrogens with one attached hydrogen (secondary N) is 1. The first-order valence-corrected chi connectivity index (χ1v) is 5.44. The summed E-state index contributed by atoms with van der Waals surface area (Å²) in [4.78, 5) is 21.8. The quantitative estimate of drug-likeness (QED) is 0.779. The molecule has 0 aliphatic heterocycles. The van der Waals surface area contributed by atoms with E-state index >= 15 is 0 Å². The number of hydrogen-bond acceptors (Lipinski definition) is 3. The minimum atomic E-state index is -5.10. The molecule has 0 aliphatic rings. The van der Waals surface area contributed by atoms with Crippen molar-refractivity contribution in [2.45, 2.75) is 18.6 Å². The highest BCUT2D eigenvalue weighted by Crippen LogP contribution is 2.24. The SMILES string of the molecule is CC(CO)(NC(=O)C(F)(F)F)c1cccc(C(=O)O)c1. The Morgan fingerprint density at radius 1 is 1.30 bits per heavy atom. The van der Waals surface area contributed by atoms with Gasteiger partial charge in [0.2, 0.25) is 0 Å². The van der Waals surface area contributed by atoms with Gasteiger partial charge in [-0.25, -0.2) is 4.79 Å². The number of carbonyl (C=O) groups is 2. The predicted molar refractivity (Wildman–Crippen MR) is 62.0 cm³/mol. The third-order valence-electron chi connectivity index (χ3n) is 2.71. The van der Waals surface area contributed by atoms with Crippen LogP contribution in [0.1, 0.15) is 22.8 Å². The van der Waals surface area contributed by atoms with Gasteiger partial charge in [-0.15, -0.1) is 0 Å². The van der Waals surface area contributed by atoms with Crippen LogP contribution in [0.2, 0.25) is 0 Å². The van der Waals surface area contributed by atoms with Crippen molar-refractivity contribution in [3.63, 3.8) is 0 Å². The summed E-state index contributed by atoms with van der Waals surface area (Å²) >= 11 is 0. The molecule has 0 aromatic heterocycles. The second kappa shape index (κ2) is 5.49. The van der Waals surface area contributed by atoms with Crippen LogP contribution >= 0.6 is 0 Å². The van der Waals surface area contributed by atoms with Gasteiger partial charge in [-0.3, -0.25) is 4.79 Å². The molecule has 1 aromatic rings. The number of rotatable bonds is 4. The highest BCUT2D eigenvalue weighted by molar-refractivity contribution is 5.88. The van der Waals surface area contributed by atoms with Gasteiger partial charge in [-0.2, -0.15) is 13.2 Å². The van der Waals surface area contributed by atoms with Gasteiger partial charge >= 0.3 is 18.1 Å². The number of carbonyl (C=O) groups excluding carboxylic acids is 1.